The Morgan fingerprint density at radius 3 is 1.82 bits per heavy atom. The van der Waals surface area contributed by atoms with Crippen molar-refractivity contribution in [3.8, 4) is 11.5 Å². The van der Waals surface area contributed by atoms with E-state index in [9.17, 15) is 13.2 Å². The van der Waals surface area contributed by atoms with Crippen LogP contribution in [-0.2, 0) is 10.1 Å². The highest BCUT2D eigenvalue weighted by atomic mass is 32.2. The molecule has 0 spiro atoms. The summed E-state index contributed by atoms with van der Waals surface area (Å²) in [5.74, 6) is -0.0924. The minimum atomic E-state index is -4.15. The Morgan fingerprint density at radius 1 is 0.576 bits per heavy atom. The van der Waals surface area contributed by atoms with Crippen LogP contribution in [0.25, 0.3) is 21.5 Å². The van der Waals surface area contributed by atoms with Crippen molar-refractivity contribution in [1.29, 1.82) is 0 Å². The summed E-state index contributed by atoms with van der Waals surface area (Å²) in [4.78, 5) is 12.5. The van der Waals surface area contributed by atoms with Gasteiger partial charge in [0.25, 0.3) is 0 Å². The largest absolute Gasteiger partial charge is 0.423 e. The van der Waals surface area contributed by atoms with Gasteiger partial charge in [0.1, 0.15) is 16.4 Å². The highest BCUT2D eigenvalue weighted by Gasteiger charge is 2.20. The lowest BCUT2D eigenvalue weighted by Gasteiger charge is -2.10. The van der Waals surface area contributed by atoms with Crippen LogP contribution in [0.4, 0.5) is 0 Å². The monoisotopic (exact) mass is 454 g/mol. The van der Waals surface area contributed by atoms with Crippen LogP contribution >= 0.6 is 0 Å². The third-order valence-corrected chi connectivity index (χ3v) is 6.46. The molecule has 0 aliphatic rings. The Labute approximate surface area is 190 Å². The molecule has 0 heterocycles. The predicted octanol–water partition coefficient (Wildman–Crippen LogP) is 5.98. The quantitative estimate of drug-likeness (QED) is 0.186. The van der Waals surface area contributed by atoms with Gasteiger partial charge in [0.2, 0.25) is 0 Å². The minimum Gasteiger partial charge on any atom is -0.423 e. The lowest BCUT2D eigenvalue weighted by atomic mass is 10.1. The van der Waals surface area contributed by atoms with E-state index in [4.69, 9.17) is 8.92 Å². The molecule has 0 saturated carbocycles. The Hall–Kier alpha value is -4.16. The maximum absolute atomic E-state index is 12.8. The summed E-state index contributed by atoms with van der Waals surface area (Å²) in [7, 11) is -4.15. The average Bonchev–Trinajstić information content (AvgIpc) is 2.84. The second-order valence-electron chi connectivity index (χ2n) is 7.47. The number of esters is 1. The summed E-state index contributed by atoms with van der Waals surface area (Å²) in [6.07, 6.45) is 0. The molecule has 0 aliphatic heterocycles. The molecule has 0 fully saturated rings. The Bertz CT molecular complexity index is 1610. The molecule has 0 amide bonds. The van der Waals surface area contributed by atoms with Gasteiger partial charge in [-0.2, -0.15) is 8.42 Å². The van der Waals surface area contributed by atoms with Gasteiger partial charge in [0.15, 0.2) is 0 Å². The van der Waals surface area contributed by atoms with Gasteiger partial charge in [0.05, 0.1) is 5.56 Å². The maximum atomic E-state index is 12.8. The maximum Gasteiger partial charge on any atom is 0.343 e. The van der Waals surface area contributed by atoms with Gasteiger partial charge in [-0.1, -0.05) is 66.7 Å². The SMILES string of the molecule is O=C(Oc1ccc2ccccc2c1)c1cccc(S(=O)(=O)Oc2ccc3ccccc3c2)c1. The third kappa shape index (κ3) is 4.42. The molecule has 0 N–H and O–H groups in total. The molecule has 0 radical (unpaired) electrons. The fourth-order valence-corrected chi connectivity index (χ4v) is 4.54. The van der Waals surface area contributed by atoms with E-state index in [-0.39, 0.29) is 16.2 Å². The number of carbonyl (C=O) groups excluding carboxylic acids is 1. The molecule has 0 aromatic heterocycles. The van der Waals surface area contributed by atoms with E-state index >= 15 is 0 Å². The number of rotatable bonds is 5. The van der Waals surface area contributed by atoms with E-state index in [0.717, 1.165) is 21.5 Å². The summed E-state index contributed by atoms with van der Waals surface area (Å²) in [5.41, 5.74) is 0.103. The van der Waals surface area contributed by atoms with Crippen molar-refractivity contribution in [1.82, 2.24) is 0 Å². The fraction of sp³-hybridized carbons (Fsp3) is 0. The third-order valence-electron chi connectivity index (χ3n) is 5.22. The lowest BCUT2D eigenvalue weighted by Crippen LogP contribution is -2.13. The van der Waals surface area contributed by atoms with Crippen LogP contribution in [0.3, 0.4) is 0 Å². The molecular weight excluding hydrogens is 436 g/mol. The topological polar surface area (TPSA) is 69.7 Å². The van der Waals surface area contributed by atoms with Gasteiger partial charge in [-0.15, -0.1) is 0 Å². The molecule has 5 aromatic carbocycles. The standard InChI is InChI=1S/C27H18O5S/c28-27(31-24-14-12-19-6-1-3-8-21(19)16-24)23-10-5-11-26(18-23)33(29,30)32-25-15-13-20-7-2-4-9-22(20)17-25/h1-18H. The molecule has 0 unspecified atom stereocenters. The van der Waals surface area contributed by atoms with Crippen LogP contribution in [0.1, 0.15) is 10.4 Å². The van der Waals surface area contributed by atoms with Gasteiger partial charge < -0.3 is 8.92 Å². The number of hydrogen-bond donors (Lipinski definition) is 0. The second-order valence-corrected chi connectivity index (χ2v) is 9.02. The van der Waals surface area contributed by atoms with Crippen LogP contribution in [0, 0.1) is 0 Å². The highest BCUT2D eigenvalue weighted by Crippen LogP contribution is 2.25. The molecule has 162 valence electrons. The zero-order chi connectivity index (χ0) is 22.8. The number of carbonyl (C=O) groups is 1. The first kappa shape index (κ1) is 20.7. The van der Waals surface area contributed by atoms with Gasteiger partial charge in [-0.05, 0) is 64.0 Å². The zero-order valence-corrected chi connectivity index (χ0v) is 18.2. The molecule has 6 heteroatoms. The first-order chi connectivity index (χ1) is 16.0. The molecule has 5 aromatic rings. The molecule has 0 saturated heterocycles. The molecule has 5 nitrogen and oxygen atoms in total. The second kappa shape index (κ2) is 8.41. The summed E-state index contributed by atoms with van der Waals surface area (Å²) in [6, 6.07) is 31.3. The van der Waals surface area contributed by atoms with Crippen molar-refractivity contribution in [2.45, 2.75) is 4.90 Å². The molecule has 33 heavy (non-hydrogen) atoms. The van der Waals surface area contributed by atoms with Crippen LogP contribution in [-0.4, -0.2) is 14.4 Å². The van der Waals surface area contributed by atoms with Crippen LogP contribution in [0.2, 0.25) is 0 Å². The van der Waals surface area contributed by atoms with Crippen molar-refractivity contribution >= 4 is 37.6 Å². The van der Waals surface area contributed by atoms with E-state index in [1.54, 1.807) is 30.3 Å². The minimum absolute atomic E-state index is 0.103. The van der Waals surface area contributed by atoms with Crippen molar-refractivity contribution in [2.24, 2.45) is 0 Å². The summed E-state index contributed by atoms with van der Waals surface area (Å²) in [5, 5.41) is 3.79. The van der Waals surface area contributed by atoms with E-state index in [0.29, 0.717) is 5.75 Å². The summed E-state index contributed by atoms with van der Waals surface area (Å²) in [6.45, 7) is 0. The first-order valence-electron chi connectivity index (χ1n) is 10.2. The van der Waals surface area contributed by atoms with E-state index in [1.807, 2.05) is 54.6 Å². The Balaban J connectivity index is 1.38. The summed E-state index contributed by atoms with van der Waals surface area (Å²) >= 11 is 0. The molecule has 0 atom stereocenters. The van der Waals surface area contributed by atoms with Crippen molar-refractivity contribution in [3.63, 3.8) is 0 Å². The Kier molecular flexibility index (Phi) is 5.28. The van der Waals surface area contributed by atoms with Crippen LogP contribution in [0.15, 0.2) is 114 Å². The highest BCUT2D eigenvalue weighted by molar-refractivity contribution is 7.87. The fourth-order valence-electron chi connectivity index (χ4n) is 3.57. The van der Waals surface area contributed by atoms with E-state index in [1.165, 1.54) is 24.3 Å². The molecular formula is C27H18O5S. The number of fused-ring (bicyclic) bond motifs is 2. The smallest absolute Gasteiger partial charge is 0.343 e. The van der Waals surface area contributed by atoms with Crippen molar-refractivity contribution < 1.29 is 22.1 Å². The first-order valence-corrected chi connectivity index (χ1v) is 11.6. The number of ether oxygens (including phenoxy) is 1. The van der Waals surface area contributed by atoms with E-state index < -0.39 is 16.1 Å². The normalized spacial score (nSPS) is 11.4. The van der Waals surface area contributed by atoms with Crippen molar-refractivity contribution in [2.75, 3.05) is 0 Å². The number of hydrogen-bond acceptors (Lipinski definition) is 5. The van der Waals surface area contributed by atoms with Crippen LogP contribution < -0.4 is 8.92 Å². The van der Waals surface area contributed by atoms with E-state index in [2.05, 4.69) is 0 Å². The number of benzene rings is 5. The van der Waals surface area contributed by atoms with Gasteiger partial charge in [0, 0.05) is 0 Å². The van der Waals surface area contributed by atoms with Gasteiger partial charge >= 0.3 is 16.1 Å². The zero-order valence-electron chi connectivity index (χ0n) is 17.3. The summed E-state index contributed by atoms with van der Waals surface area (Å²) < 4.78 is 36.5. The molecule has 5 rings (SSSR count). The van der Waals surface area contributed by atoms with Crippen LogP contribution in [0.5, 0.6) is 11.5 Å². The van der Waals surface area contributed by atoms with Gasteiger partial charge in [-0.25, -0.2) is 4.79 Å². The lowest BCUT2D eigenvalue weighted by molar-refractivity contribution is 0.0734. The predicted molar refractivity (Wildman–Crippen MR) is 127 cm³/mol. The van der Waals surface area contributed by atoms with Crippen molar-refractivity contribution in [3.05, 3.63) is 115 Å². The molecule has 0 aliphatic carbocycles. The van der Waals surface area contributed by atoms with Gasteiger partial charge in [-0.3, -0.25) is 0 Å². The average molecular weight is 455 g/mol. The Morgan fingerprint density at radius 2 is 1.15 bits per heavy atom. The molecule has 0 bridgehead atoms.